The fourth-order valence-corrected chi connectivity index (χ4v) is 3.24. The molecule has 7 heteroatoms. The standard InChI is InChI=1S/C22H17Cl2N3O2/c23-18-8-5-15(6-9-18)12-27-13-20(24)22(26-27)25-21(28)14-29-19-10-7-16-3-1-2-4-17(16)11-19/h1-11,13H,12,14H2,(H,25,26,28). The Morgan fingerprint density at radius 1 is 1.00 bits per heavy atom. The first kappa shape index (κ1) is 19.3. The Morgan fingerprint density at radius 3 is 2.55 bits per heavy atom. The van der Waals surface area contributed by atoms with Gasteiger partial charge in [0, 0.05) is 11.2 Å². The Morgan fingerprint density at radius 2 is 1.76 bits per heavy atom. The van der Waals surface area contributed by atoms with E-state index in [-0.39, 0.29) is 12.5 Å². The quantitative estimate of drug-likeness (QED) is 0.449. The fourth-order valence-electron chi connectivity index (χ4n) is 2.91. The van der Waals surface area contributed by atoms with Gasteiger partial charge in [0.2, 0.25) is 0 Å². The number of fused-ring (bicyclic) bond motifs is 1. The van der Waals surface area contributed by atoms with Crippen LogP contribution < -0.4 is 10.1 Å². The summed E-state index contributed by atoms with van der Waals surface area (Å²) in [5, 5.41) is 10.2. The lowest BCUT2D eigenvalue weighted by molar-refractivity contribution is -0.118. The summed E-state index contributed by atoms with van der Waals surface area (Å²) in [6, 6.07) is 21.1. The second-order valence-corrected chi connectivity index (χ2v) is 7.34. The highest BCUT2D eigenvalue weighted by atomic mass is 35.5. The summed E-state index contributed by atoms with van der Waals surface area (Å²) in [5.74, 6) is 0.586. The third kappa shape index (κ3) is 4.88. The molecule has 0 aliphatic heterocycles. The second-order valence-electron chi connectivity index (χ2n) is 6.50. The summed E-state index contributed by atoms with van der Waals surface area (Å²) in [5.41, 5.74) is 1.02. The summed E-state index contributed by atoms with van der Waals surface area (Å²) in [7, 11) is 0. The van der Waals surface area contributed by atoms with Gasteiger partial charge < -0.3 is 10.1 Å². The minimum atomic E-state index is -0.336. The van der Waals surface area contributed by atoms with Crippen molar-refractivity contribution in [3.05, 3.63) is 88.5 Å². The van der Waals surface area contributed by atoms with E-state index in [0.717, 1.165) is 16.3 Å². The van der Waals surface area contributed by atoms with E-state index in [2.05, 4.69) is 10.4 Å². The van der Waals surface area contributed by atoms with Gasteiger partial charge in [-0.3, -0.25) is 9.48 Å². The van der Waals surface area contributed by atoms with Crippen molar-refractivity contribution in [1.82, 2.24) is 9.78 Å². The molecule has 0 saturated carbocycles. The number of carbonyl (C=O) groups is 1. The number of nitrogens with one attached hydrogen (secondary N) is 1. The molecule has 29 heavy (non-hydrogen) atoms. The number of hydrogen-bond donors (Lipinski definition) is 1. The van der Waals surface area contributed by atoms with E-state index in [0.29, 0.717) is 28.2 Å². The van der Waals surface area contributed by atoms with Gasteiger partial charge in [0.25, 0.3) is 5.91 Å². The maximum atomic E-state index is 12.2. The molecule has 0 bridgehead atoms. The van der Waals surface area contributed by atoms with Gasteiger partial charge in [0.05, 0.1) is 6.54 Å². The number of ether oxygens (including phenoxy) is 1. The van der Waals surface area contributed by atoms with Crippen LogP contribution in [-0.4, -0.2) is 22.3 Å². The normalized spacial score (nSPS) is 10.8. The van der Waals surface area contributed by atoms with E-state index in [1.165, 1.54) is 0 Å². The molecule has 5 nitrogen and oxygen atoms in total. The molecule has 1 amide bonds. The van der Waals surface area contributed by atoms with Gasteiger partial charge >= 0.3 is 0 Å². The Labute approximate surface area is 177 Å². The number of carbonyl (C=O) groups excluding carboxylic acids is 1. The molecule has 146 valence electrons. The zero-order chi connectivity index (χ0) is 20.2. The van der Waals surface area contributed by atoms with Gasteiger partial charge in [-0.15, -0.1) is 0 Å². The Bertz CT molecular complexity index is 1160. The maximum Gasteiger partial charge on any atom is 0.263 e. The molecule has 0 atom stereocenters. The van der Waals surface area contributed by atoms with Crippen LogP contribution in [0.15, 0.2) is 72.9 Å². The monoisotopic (exact) mass is 425 g/mol. The van der Waals surface area contributed by atoms with E-state index in [4.69, 9.17) is 27.9 Å². The van der Waals surface area contributed by atoms with E-state index >= 15 is 0 Å². The molecule has 0 aliphatic carbocycles. The number of rotatable bonds is 6. The van der Waals surface area contributed by atoms with E-state index in [1.807, 2.05) is 66.7 Å². The third-order valence-electron chi connectivity index (χ3n) is 4.32. The van der Waals surface area contributed by atoms with Gasteiger partial charge in [-0.25, -0.2) is 0 Å². The molecular formula is C22H17Cl2N3O2. The van der Waals surface area contributed by atoms with E-state index < -0.39 is 0 Å². The number of anilines is 1. The zero-order valence-corrected chi connectivity index (χ0v) is 16.8. The van der Waals surface area contributed by atoms with Crippen molar-refractivity contribution in [2.45, 2.75) is 6.54 Å². The summed E-state index contributed by atoms with van der Waals surface area (Å²) in [6.07, 6.45) is 1.66. The first-order valence-corrected chi connectivity index (χ1v) is 9.71. The average Bonchev–Trinajstić information content (AvgIpc) is 3.06. The first-order valence-electron chi connectivity index (χ1n) is 8.96. The Balaban J connectivity index is 1.36. The predicted octanol–water partition coefficient (Wildman–Crippen LogP) is 5.41. The molecule has 1 N–H and O–H groups in total. The molecule has 0 aliphatic rings. The third-order valence-corrected chi connectivity index (χ3v) is 4.85. The number of hydrogen-bond acceptors (Lipinski definition) is 3. The lowest BCUT2D eigenvalue weighted by Crippen LogP contribution is -2.20. The van der Waals surface area contributed by atoms with Crippen molar-refractivity contribution >= 4 is 45.7 Å². The van der Waals surface area contributed by atoms with Gasteiger partial charge in [-0.2, -0.15) is 5.10 Å². The highest BCUT2D eigenvalue weighted by Gasteiger charge is 2.12. The molecule has 4 aromatic rings. The largest absolute Gasteiger partial charge is 0.484 e. The van der Waals surface area contributed by atoms with Gasteiger partial charge in [-0.05, 0) is 40.6 Å². The van der Waals surface area contributed by atoms with Crippen LogP contribution in [0.1, 0.15) is 5.56 Å². The maximum absolute atomic E-state index is 12.2. The number of benzene rings is 3. The highest BCUT2D eigenvalue weighted by molar-refractivity contribution is 6.33. The molecule has 0 fully saturated rings. The number of aromatic nitrogens is 2. The van der Waals surface area contributed by atoms with E-state index in [1.54, 1.807) is 10.9 Å². The Kier molecular flexibility index (Phi) is 5.69. The van der Waals surface area contributed by atoms with Gasteiger partial charge in [0.1, 0.15) is 10.8 Å². The topological polar surface area (TPSA) is 56.1 Å². The highest BCUT2D eigenvalue weighted by Crippen LogP contribution is 2.22. The van der Waals surface area contributed by atoms with Crippen LogP contribution in [0.4, 0.5) is 5.82 Å². The smallest absolute Gasteiger partial charge is 0.263 e. The molecule has 0 unspecified atom stereocenters. The fraction of sp³-hybridized carbons (Fsp3) is 0.0909. The molecule has 0 saturated heterocycles. The van der Waals surface area contributed by atoms with Crippen LogP contribution in [-0.2, 0) is 11.3 Å². The average molecular weight is 426 g/mol. The van der Waals surface area contributed by atoms with Crippen LogP contribution in [0.3, 0.4) is 0 Å². The first-order chi connectivity index (χ1) is 14.1. The minimum Gasteiger partial charge on any atom is -0.484 e. The second kappa shape index (κ2) is 8.55. The molecule has 1 heterocycles. The van der Waals surface area contributed by atoms with E-state index in [9.17, 15) is 4.79 Å². The van der Waals surface area contributed by atoms with Crippen molar-refractivity contribution in [3.63, 3.8) is 0 Å². The lowest BCUT2D eigenvalue weighted by Gasteiger charge is -2.07. The van der Waals surface area contributed by atoms with Crippen LogP contribution in [0.25, 0.3) is 10.8 Å². The Hall–Kier alpha value is -3.02. The molecule has 0 radical (unpaired) electrons. The summed E-state index contributed by atoms with van der Waals surface area (Å²) in [6.45, 7) is 0.374. The molecule has 1 aromatic heterocycles. The van der Waals surface area contributed by atoms with Crippen LogP contribution in [0.5, 0.6) is 5.75 Å². The van der Waals surface area contributed by atoms with Crippen molar-refractivity contribution in [3.8, 4) is 5.75 Å². The summed E-state index contributed by atoms with van der Waals surface area (Å²) in [4.78, 5) is 12.2. The lowest BCUT2D eigenvalue weighted by atomic mass is 10.1. The van der Waals surface area contributed by atoms with Crippen LogP contribution in [0, 0.1) is 0 Å². The SMILES string of the molecule is O=C(COc1ccc2ccccc2c1)Nc1nn(Cc2ccc(Cl)cc2)cc1Cl. The van der Waals surface area contributed by atoms with Gasteiger partial charge in [0.15, 0.2) is 12.4 Å². The number of amides is 1. The minimum absolute atomic E-state index is 0.140. The van der Waals surface area contributed by atoms with Gasteiger partial charge in [-0.1, -0.05) is 65.7 Å². The van der Waals surface area contributed by atoms with Crippen molar-refractivity contribution in [2.75, 3.05) is 11.9 Å². The number of nitrogens with zero attached hydrogens (tertiary/aromatic N) is 2. The summed E-state index contributed by atoms with van der Waals surface area (Å²) >= 11 is 12.1. The number of halogens is 2. The predicted molar refractivity (Wildman–Crippen MR) is 116 cm³/mol. The van der Waals surface area contributed by atoms with Crippen LogP contribution >= 0.6 is 23.2 Å². The van der Waals surface area contributed by atoms with Crippen molar-refractivity contribution < 1.29 is 9.53 Å². The molecule has 0 spiro atoms. The summed E-state index contributed by atoms with van der Waals surface area (Å²) < 4.78 is 7.26. The van der Waals surface area contributed by atoms with Crippen molar-refractivity contribution in [2.24, 2.45) is 0 Å². The molecule has 3 aromatic carbocycles. The van der Waals surface area contributed by atoms with Crippen molar-refractivity contribution in [1.29, 1.82) is 0 Å². The molecular weight excluding hydrogens is 409 g/mol. The van der Waals surface area contributed by atoms with Crippen LogP contribution in [0.2, 0.25) is 10.0 Å². The molecule has 4 rings (SSSR count). The zero-order valence-electron chi connectivity index (χ0n) is 15.3.